The van der Waals surface area contributed by atoms with Crippen molar-refractivity contribution in [3.05, 3.63) is 75.1 Å². The van der Waals surface area contributed by atoms with E-state index in [0.29, 0.717) is 28.6 Å². The molecule has 0 aliphatic heterocycles. The van der Waals surface area contributed by atoms with Crippen molar-refractivity contribution in [2.75, 3.05) is 13.6 Å². The lowest BCUT2D eigenvalue weighted by atomic mass is 10.1. The molecule has 0 fully saturated rings. The van der Waals surface area contributed by atoms with Crippen molar-refractivity contribution in [3.63, 3.8) is 0 Å². The first-order valence-corrected chi connectivity index (χ1v) is 11.2. The maximum absolute atomic E-state index is 12.5. The molecule has 0 aliphatic carbocycles. The van der Waals surface area contributed by atoms with Gasteiger partial charge >= 0.3 is 0 Å². The third-order valence-electron chi connectivity index (χ3n) is 5.12. The number of thiophene rings is 1. The molecule has 9 heteroatoms. The minimum Gasteiger partial charge on any atom is -0.388 e. The van der Waals surface area contributed by atoms with Crippen LogP contribution in [0, 0.1) is 0 Å². The van der Waals surface area contributed by atoms with Crippen molar-refractivity contribution >= 4 is 45.7 Å². The highest BCUT2D eigenvalue weighted by atomic mass is 35.5. The third-order valence-corrected chi connectivity index (χ3v) is 6.30. The van der Waals surface area contributed by atoms with Crippen molar-refractivity contribution in [2.45, 2.75) is 12.5 Å². The van der Waals surface area contributed by atoms with E-state index in [0.717, 1.165) is 27.6 Å². The Kier molecular flexibility index (Phi) is 6.55. The summed E-state index contributed by atoms with van der Waals surface area (Å²) in [6.07, 6.45) is -0.275. The zero-order valence-electron chi connectivity index (χ0n) is 17.2. The number of benzene rings is 2. The van der Waals surface area contributed by atoms with Crippen molar-refractivity contribution in [1.82, 2.24) is 20.8 Å². The van der Waals surface area contributed by atoms with Gasteiger partial charge in [-0.05, 0) is 58.8 Å². The molecule has 0 radical (unpaired) electrons. The Labute approximate surface area is 193 Å². The number of aromatic amines is 1. The fraction of sp³-hybridized carbons (Fsp3) is 0.174. The summed E-state index contributed by atoms with van der Waals surface area (Å²) in [6, 6.07) is 14.5. The number of hydrogen-bond donors (Lipinski definition) is 4. The lowest BCUT2D eigenvalue weighted by Gasteiger charge is -2.11. The molecule has 32 heavy (non-hydrogen) atoms. The molecule has 2 aromatic heterocycles. The Morgan fingerprint density at radius 2 is 1.91 bits per heavy atom. The number of aliphatic hydroxyl groups excluding tert-OH is 1. The molecule has 0 saturated heterocycles. The number of fused-ring (bicyclic) bond motifs is 1. The maximum atomic E-state index is 12.5. The van der Waals surface area contributed by atoms with Crippen LogP contribution in [0.3, 0.4) is 0 Å². The summed E-state index contributed by atoms with van der Waals surface area (Å²) in [4.78, 5) is 25.0. The van der Waals surface area contributed by atoms with Crippen LogP contribution in [0.5, 0.6) is 0 Å². The topological polar surface area (TPSA) is 107 Å². The molecule has 0 unspecified atom stereocenters. The predicted molar refractivity (Wildman–Crippen MR) is 126 cm³/mol. The van der Waals surface area contributed by atoms with Crippen LogP contribution in [0.2, 0.25) is 5.02 Å². The van der Waals surface area contributed by atoms with Crippen molar-refractivity contribution in [2.24, 2.45) is 0 Å². The van der Waals surface area contributed by atoms with Gasteiger partial charge in [0.1, 0.15) is 0 Å². The number of halogens is 1. The van der Waals surface area contributed by atoms with Gasteiger partial charge in [0.05, 0.1) is 16.5 Å². The van der Waals surface area contributed by atoms with Crippen molar-refractivity contribution in [3.8, 4) is 11.1 Å². The maximum Gasteiger partial charge on any atom is 0.272 e. The number of aromatic nitrogens is 2. The van der Waals surface area contributed by atoms with E-state index < -0.39 is 6.10 Å². The summed E-state index contributed by atoms with van der Waals surface area (Å²) in [5.74, 6) is -0.436. The summed E-state index contributed by atoms with van der Waals surface area (Å²) in [6.45, 7) is 0.345. The summed E-state index contributed by atoms with van der Waals surface area (Å²) in [5.41, 5.74) is 3.67. The van der Waals surface area contributed by atoms with E-state index in [2.05, 4.69) is 20.8 Å². The van der Waals surface area contributed by atoms with E-state index in [4.69, 9.17) is 11.6 Å². The van der Waals surface area contributed by atoms with E-state index in [1.807, 2.05) is 29.6 Å². The minimum atomic E-state index is -0.674. The lowest BCUT2D eigenvalue weighted by molar-refractivity contribution is 0.0942. The number of hydrogen-bond acceptors (Lipinski definition) is 5. The van der Waals surface area contributed by atoms with E-state index in [1.54, 1.807) is 31.3 Å². The molecular formula is C23H21ClN4O3S. The number of carbonyl (C=O) groups excluding carboxylic acids is 2. The van der Waals surface area contributed by atoms with E-state index >= 15 is 0 Å². The number of H-pyrrole nitrogens is 1. The van der Waals surface area contributed by atoms with Gasteiger partial charge in [-0.3, -0.25) is 14.7 Å². The number of aliphatic hydroxyl groups is 1. The van der Waals surface area contributed by atoms with E-state index in [-0.39, 0.29) is 11.8 Å². The second kappa shape index (κ2) is 9.52. The van der Waals surface area contributed by atoms with Gasteiger partial charge in [0.2, 0.25) is 0 Å². The Morgan fingerprint density at radius 3 is 2.66 bits per heavy atom. The first-order chi connectivity index (χ1) is 15.5. The van der Waals surface area contributed by atoms with Crippen LogP contribution in [0.15, 0.2) is 53.9 Å². The van der Waals surface area contributed by atoms with Crippen molar-refractivity contribution < 1.29 is 14.7 Å². The van der Waals surface area contributed by atoms with Gasteiger partial charge in [-0.1, -0.05) is 29.8 Å². The number of nitrogens with zero attached hydrogens (tertiary/aromatic N) is 1. The number of carbonyl (C=O) groups is 2. The minimum absolute atomic E-state index is 0.186. The highest BCUT2D eigenvalue weighted by Gasteiger charge is 2.15. The molecule has 7 nitrogen and oxygen atoms in total. The Bertz CT molecular complexity index is 1270. The molecule has 2 heterocycles. The average Bonchev–Trinajstić information content (AvgIpc) is 3.46. The number of amides is 2. The largest absolute Gasteiger partial charge is 0.388 e. The molecule has 4 rings (SSSR count). The zero-order chi connectivity index (χ0) is 22.7. The quantitative estimate of drug-likeness (QED) is 0.326. The first kappa shape index (κ1) is 22.0. The van der Waals surface area contributed by atoms with Gasteiger partial charge in [-0.25, -0.2) is 0 Å². The molecular weight excluding hydrogens is 448 g/mol. The SMILES string of the molecule is CNC(=O)c1n[nH]c2cc(-c3csc(C(=O)NCC[C@@H](O)c4ccc(Cl)cc4)c3)ccc12. The van der Waals surface area contributed by atoms with E-state index in [9.17, 15) is 14.7 Å². The molecule has 2 aromatic carbocycles. The standard InChI is InChI=1S/C23H21ClN4O3S/c1-25-23(31)21-17-7-4-14(10-18(17)27-28-21)15-11-20(32-12-15)22(30)26-9-8-19(29)13-2-5-16(24)6-3-13/h2-7,10-12,19,29H,8-9H2,1H3,(H,25,31)(H,26,30)(H,27,28)/t19-/m1/s1. The van der Waals surface area contributed by atoms with Gasteiger partial charge in [-0.15, -0.1) is 11.3 Å². The Hall–Kier alpha value is -3.20. The second-order valence-corrected chi connectivity index (χ2v) is 8.57. The monoisotopic (exact) mass is 468 g/mol. The summed E-state index contributed by atoms with van der Waals surface area (Å²) < 4.78 is 0. The van der Waals surface area contributed by atoms with Crippen LogP contribution in [0.25, 0.3) is 22.0 Å². The smallest absolute Gasteiger partial charge is 0.272 e. The highest BCUT2D eigenvalue weighted by Crippen LogP contribution is 2.29. The molecule has 0 bridgehead atoms. The fourth-order valence-electron chi connectivity index (χ4n) is 3.36. The van der Waals surface area contributed by atoms with E-state index in [1.165, 1.54) is 11.3 Å². The summed E-state index contributed by atoms with van der Waals surface area (Å²) >= 11 is 7.22. The Morgan fingerprint density at radius 1 is 1.12 bits per heavy atom. The second-order valence-electron chi connectivity index (χ2n) is 7.22. The Balaban J connectivity index is 1.39. The summed E-state index contributed by atoms with van der Waals surface area (Å²) in [5, 5.41) is 25.9. The van der Waals surface area contributed by atoms with Gasteiger partial charge < -0.3 is 15.7 Å². The first-order valence-electron chi connectivity index (χ1n) is 9.97. The van der Waals surface area contributed by atoms with Gasteiger partial charge in [0, 0.05) is 24.0 Å². The van der Waals surface area contributed by atoms with Gasteiger partial charge in [0.25, 0.3) is 11.8 Å². The van der Waals surface area contributed by atoms with Gasteiger partial charge in [-0.2, -0.15) is 5.10 Å². The van der Waals surface area contributed by atoms with Crippen LogP contribution in [-0.4, -0.2) is 40.7 Å². The molecule has 4 aromatic rings. The van der Waals surface area contributed by atoms with Crippen LogP contribution in [0.1, 0.15) is 38.2 Å². The predicted octanol–water partition coefficient (Wildman–Crippen LogP) is 4.16. The van der Waals surface area contributed by atoms with Crippen LogP contribution < -0.4 is 10.6 Å². The highest BCUT2D eigenvalue weighted by molar-refractivity contribution is 7.12. The van der Waals surface area contributed by atoms with Crippen LogP contribution in [0.4, 0.5) is 0 Å². The normalized spacial score (nSPS) is 12.0. The summed E-state index contributed by atoms with van der Waals surface area (Å²) in [7, 11) is 1.56. The average molecular weight is 469 g/mol. The fourth-order valence-corrected chi connectivity index (χ4v) is 4.32. The molecule has 1 atom stereocenters. The van der Waals surface area contributed by atoms with Crippen LogP contribution >= 0.6 is 22.9 Å². The third kappa shape index (κ3) is 4.67. The molecule has 2 amide bonds. The molecule has 0 aliphatic rings. The molecule has 0 spiro atoms. The number of nitrogens with one attached hydrogen (secondary N) is 3. The molecule has 0 saturated carbocycles. The van der Waals surface area contributed by atoms with Crippen molar-refractivity contribution in [1.29, 1.82) is 0 Å². The van der Waals surface area contributed by atoms with Gasteiger partial charge in [0.15, 0.2) is 5.69 Å². The number of rotatable bonds is 7. The lowest BCUT2D eigenvalue weighted by Crippen LogP contribution is -2.24. The van der Waals surface area contributed by atoms with Crippen LogP contribution in [-0.2, 0) is 0 Å². The molecule has 164 valence electrons. The zero-order valence-corrected chi connectivity index (χ0v) is 18.8. The molecule has 4 N–H and O–H groups in total.